The Morgan fingerprint density at radius 3 is 2.56 bits per heavy atom. The first-order valence-electron chi connectivity index (χ1n) is 6.44. The Morgan fingerprint density at radius 2 is 1.78 bits per heavy atom. The van der Waals surface area contributed by atoms with Crippen molar-refractivity contribution in [1.29, 1.82) is 0 Å². The topological polar surface area (TPSA) is 12.4 Å². The molecule has 0 atom stereocenters. The van der Waals surface area contributed by atoms with Crippen LogP contribution in [0, 0.1) is 6.92 Å². The average Bonchev–Trinajstić information content (AvgIpc) is 2.72. The van der Waals surface area contributed by atoms with Crippen LogP contribution in [0.25, 0.3) is 11.1 Å². The molecule has 0 bridgehead atoms. The third kappa shape index (κ3) is 1.86. The van der Waals surface area contributed by atoms with Gasteiger partial charge in [-0.3, -0.25) is 4.99 Å². The second kappa shape index (κ2) is 4.41. The Kier molecular flexibility index (Phi) is 2.75. The number of benzene rings is 2. The summed E-state index contributed by atoms with van der Waals surface area (Å²) in [6, 6.07) is 13.5. The van der Waals surface area contributed by atoms with Gasteiger partial charge in [-0.25, -0.2) is 0 Å². The summed E-state index contributed by atoms with van der Waals surface area (Å²) in [6.07, 6.45) is 2.93. The molecule has 0 N–H and O–H groups in total. The summed E-state index contributed by atoms with van der Waals surface area (Å²) in [4.78, 5) is 4.31. The monoisotopic (exact) mass is 235 g/mol. The predicted octanol–water partition coefficient (Wildman–Crippen LogP) is 4.16. The lowest BCUT2D eigenvalue weighted by Gasteiger charge is -2.03. The molecule has 3 rings (SSSR count). The highest BCUT2D eigenvalue weighted by molar-refractivity contribution is 5.77. The largest absolute Gasteiger partial charge is 0.293 e. The molecule has 0 aliphatic heterocycles. The highest BCUT2D eigenvalue weighted by Crippen LogP contribution is 2.37. The van der Waals surface area contributed by atoms with Crippen LogP contribution in [-0.4, -0.2) is 6.21 Å². The van der Waals surface area contributed by atoms with Crippen LogP contribution in [0.4, 0.5) is 0 Å². The van der Waals surface area contributed by atoms with E-state index >= 15 is 0 Å². The van der Waals surface area contributed by atoms with E-state index < -0.39 is 0 Å². The van der Waals surface area contributed by atoms with Gasteiger partial charge in [-0.05, 0) is 54.3 Å². The number of aryl methyl sites for hydroxylation is 1. The maximum Gasteiger partial charge on any atom is 0.0635 e. The smallest absolute Gasteiger partial charge is 0.0635 e. The Hall–Kier alpha value is -1.89. The van der Waals surface area contributed by atoms with Crippen molar-refractivity contribution in [2.75, 3.05) is 0 Å². The fraction of sp³-hybridized carbons (Fsp3) is 0.235. The van der Waals surface area contributed by atoms with Gasteiger partial charge in [0.05, 0.1) is 6.54 Å². The summed E-state index contributed by atoms with van der Waals surface area (Å²) < 4.78 is 0. The van der Waals surface area contributed by atoms with Crippen molar-refractivity contribution in [2.24, 2.45) is 4.99 Å². The molecule has 0 aromatic heterocycles. The quantitative estimate of drug-likeness (QED) is 0.591. The number of fused-ring (bicyclic) bond motifs is 3. The molecule has 0 saturated carbocycles. The van der Waals surface area contributed by atoms with Crippen molar-refractivity contribution < 1.29 is 0 Å². The molecule has 0 spiro atoms. The lowest BCUT2D eigenvalue weighted by Crippen LogP contribution is -1.86. The van der Waals surface area contributed by atoms with Crippen molar-refractivity contribution in [3.05, 3.63) is 58.7 Å². The van der Waals surface area contributed by atoms with E-state index in [-0.39, 0.29) is 0 Å². The third-order valence-electron chi connectivity index (χ3n) is 3.56. The fourth-order valence-electron chi connectivity index (χ4n) is 2.69. The summed E-state index contributed by atoms with van der Waals surface area (Å²) in [5.41, 5.74) is 8.35. The van der Waals surface area contributed by atoms with Crippen LogP contribution >= 0.6 is 0 Å². The molecule has 18 heavy (non-hydrogen) atoms. The lowest BCUT2D eigenvalue weighted by atomic mass is 10.0. The first-order chi connectivity index (χ1) is 8.78. The van der Waals surface area contributed by atoms with Gasteiger partial charge < -0.3 is 0 Å². The number of aliphatic imine (C=N–C) groups is 1. The Balaban J connectivity index is 2.01. The molecule has 1 aliphatic rings. The van der Waals surface area contributed by atoms with E-state index in [0.717, 1.165) is 13.0 Å². The minimum Gasteiger partial charge on any atom is -0.293 e. The lowest BCUT2D eigenvalue weighted by molar-refractivity contribution is 1.07. The molecule has 0 radical (unpaired) electrons. The number of rotatable bonds is 2. The maximum atomic E-state index is 4.31. The Bertz CT molecular complexity index is 624. The zero-order valence-electron chi connectivity index (χ0n) is 10.9. The fourth-order valence-corrected chi connectivity index (χ4v) is 2.69. The SMILES string of the molecule is CC=NCc1ccc2c(c1)Cc1cc(C)ccc1-2. The minimum absolute atomic E-state index is 0.791. The molecule has 1 heteroatoms. The van der Waals surface area contributed by atoms with Crippen LogP contribution < -0.4 is 0 Å². The highest BCUT2D eigenvalue weighted by Gasteiger charge is 2.18. The molecule has 2 aromatic carbocycles. The van der Waals surface area contributed by atoms with Crippen LogP contribution in [0.2, 0.25) is 0 Å². The number of hydrogen-bond acceptors (Lipinski definition) is 1. The number of nitrogens with zero attached hydrogens (tertiary/aromatic N) is 1. The molecule has 1 nitrogen and oxygen atoms in total. The van der Waals surface area contributed by atoms with Gasteiger partial charge in [-0.2, -0.15) is 0 Å². The summed E-state index contributed by atoms with van der Waals surface area (Å²) in [5.74, 6) is 0. The van der Waals surface area contributed by atoms with E-state index in [1.165, 1.54) is 33.4 Å². The molecular formula is C17H17N. The van der Waals surface area contributed by atoms with Crippen molar-refractivity contribution in [1.82, 2.24) is 0 Å². The van der Waals surface area contributed by atoms with E-state index in [0.29, 0.717) is 0 Å². The zero-order valence-corrected chi connectivity index (χ0v) is 10.9. The van der Waals surface area contributed by atoms with E-state index in [1.807, 2.05) is 13.1 Å². The van der Waals surface area contributed by atoms with Gasteiger partial charge in [0.1, 0.15) is 0 Å². The van der Waals surface area contributed by atoms with E-state index in [2.05, 4.69) is 48.3 Å². The maximum absolute atomic E-state index is 4.31. The van der Waals surface area contributed by atoms with Crippen LogP contribution in [0.3, 0.4) is 0 Å². The zero-order chi connectivity index (χ0) is 12.5. The van der Waals surface area contributed by atoms with Crippen LogP contribution in [0.1, 0.15) is 29.2 Å². The van der Waals surface area contributed by atoms with E-state index in [4.69, 9.17) is 0 Å². The molecule has 0 fully saturated rings. The van der Waals surface area contributed by atoms with Gasteiger partial charge in [0.2, 0.25) is 0 Å². The third-order valence-corrected chi connectivity index (χ3v) is 3.56. The van der Waals surface area contributed by atoms with E-state index in [9.17, 15) is 0 Å². The highest BCUT2D eigenvalue weighted by atomic mass is 14.7. The molecule has 1 aliphatic carbocycles. The van der Waals surface area contributed by atoms with Crippen LogP contribution in [0.5, 0.6) is 0 Å². The van der Waals surface area contributed by atoms with Crippen LogP contribution in [0.15, 0.2) is 41.4 Å². The van der Waals surface area contributed by atoms with Crippen LogP contribution in [-0.2, 0) is 13.0 Å². The summed E-state index contributed by atoms with van der Waals surface area (Å²) in [7, 11) is 0. The van der Waals surface area contributed by atoms with Crippen molar-refractivity contribution in [2.45, 2.75) is 26.8 Å². The summed E-state index contributed by atoms with van der Waals surface area (Å²) in [6.45, 7) is 4.91. The Morgan fingerprint density at radius 1 is 1.06 bits per heavy atom. The van der Waals surface area contributed by atoms with Crippen molar-refractivity contribution in [3.8, 4) is 11.1 Å². The van der Waals surface area contributed by atoms with Gasteiger partial charge in [0.25, 0.3) is 0 Å². The summed E-state index contributed by atoms with van der Waals surface area (Å²) >= 11 is 0. The molecule has 2 aromatic rings. The summed E-state index contributed by atoms with van der Waals surface area (Å²) in [5, 5.41) is 0. The van der Waals surface area contributed by atoms with Crippen molar-refractivity contribution >= 4 is 6.21 Å². The predicted molar refractivity (Wildman–Crippen MR) is 77.3 cm³/mol. The molecule has 90 valence electrons. The minimum atomic E-state index is 0.791. The molecule has 0 heterocycles. The second-order valence-corrected chi connectivity index (χ2v) is 4.93. The molecular weight excluding hydrogens is 218 g/mol. The molecule has 0 unspecified atom stereocenters. The standard InChI is InChI=1S/C17H17N/c1-3-18-11-13-5-7-17-15(9-13)10-14-8-12(2)4-6-16(14)17/h3-9H,10-11H2,1-2H3. The van der Waals surface area contributed by atoms with Gasteiger partial charge in [-0.15, -0.1) is 0 Å². The number of hydrogen-bond donors (Lipinski definition) is 0. The Labute approximate surface area is 108 Å². The first-order valence-corrected chi connectivity index (χ1v) is 6.44. The van der Waals surface area contributed by atoms with Gasteiger partial charge in [0, 0.05) is 0 Å². The molecule has 0 saturated heterocycles. The van der Waals surface area contributed by atoms with Gasteiger partial charge in [-0.1, -0.05) is 42.0 Å². The normalized spacial score (nSPS) is 12.8. The van der Waals surface area contributed by atoms with Gasteiger partial charge >= 0.3 is 0 Å². The molecule has 0 amide bonds. The van der Waals surface area contributed by atoms with E-state index in [1.54, 1.807) is 0 Å². The average molecular weight is 235 g/mol. The first kappa shape index (κ1) is 11.2. The van der Waals surface area contributed by atoms with Gasteiger partial charge in [0.15, 0.2) is 0 Å². The van der Waals surface area contributed by atoms with Crippen molar-refractivity contribution in [3.63, 3.8) is 0 Å². The second-order valence-electron chi connectivity index (χ2n) is 4.93.